The number of para-hydroxylation sites is 1. The summed E-state index contributed by atoms with van der Waals surface area (Å²) in [4.78, 5) is 72.9. The zero-order chi connectivity index (χ0) is 40.1. The second-order valence-corrected chi connectivity index (χ2v) is 15.7. The molecule has 3 heterocycles. The van der Waals surface area contributed by atoms with Gasteiger partial charge >= 0.3 is 0 Å². The Balaban J connectivity index is 1.28. The third-order valence-electron chi connectivity index (χ3n) is 10.6. The minimum absolute atomic E-state index is 0.0862. The molecule has 1 fully saturated rings. The van der Waals surface area contributed by atoms with E-state index in [1.807, 2.05) is 84.2 Å². The van der Waals surface area contributed by atoms with E-state index in [9.17, 15) is 24.0 Å². The molecule has 2 aromatic heterocycles. The molecule has 10 N–H and O–H groups in total. The lowest BCUT2D eigenvalue weighted by Gasteiger charge is -2.28. The van der Waals surface area contributed by atoms with Crippen LogP contribution in [0.1, 0.15) is 48.1 Å². The third kappa shape index (κ3) is 11.3. The standard InChI is InChI=1S/C43H52N8O5S/c44-18-6-5-13-35(39(45)52)48-43(56)38(25-32-10-7-21-57-32)51-42(55)37(24-31-26-47-34-12-4-3-11-33(31)34)50-41(54)36(49-40(53)29-16-19-46-20-17-29)23-27-14-15-28-8-1-2-9-30(28)22-27/h1-4,7-12,14-15,21-22,26,29,35-38,46-47H,5-6,13,16-20,23-25,44H2,(H2,45,52)(H,48,56)(H,49,53)(H,50,54)(H,51,55)/t35-,36+,37+,38-/m0/s1. The molecule has 0 spiro atoms. The summed E-state index contributed by atoms with van der Waals surface area (Å²) in [5.41, 5.74) is 13.8. The maximum atomic E-state index is 14.5. The molecule has 5 amide bonds. The molecule has 14 heteroatoms. The van der Waals surface area contributed by atoms with Crippen molar-refractivity contribution in [3.63, 3.8) is 0 Å². The summed E-state index contributed by atoms with van der Waals surface area (Å²) in [5.74, 6) is -2.85. The lowest BCUT2D eigenvalue weighted by Crippen LogP contribution is -2.59. The Bertz CT molecular complexity index is 2150. The average molecular weight is 793 g/mol. The summed E-state index contributed by atoms with van der Waals surface area (Å²) < 4.78 is 0. The van der Waals surface area contributed by atoms with Gasteiger partial charge in [0.25, 0.3) is 0 Å². The molecule has 4 atom stereocenters. The second kappa shape index (κ2) is 20.0. The highest BCUT2D eigenvalue weighted by Crippen LogP contribution is 2.21. The zero-order valence-corrected chi connectivity index (χ0v) is 32.7. The minimum atomic E-state index is -1.15. The van der Waals surface area contributed by atoms with Crippen molar-refractivity contribution in [1.82, 2.24) is 31.6 Å². The fourth-order valence-corrected chi connectivity index (χ4v) is 8.10. The Hall–Kier alpha value is -5.57. The van der Waals surface area contributed by atoms with Gasteiger partial charge in [0.2, 0.25) is 29.5 Å². The van der Waals surface area contributed by atoms with E-state index < -0.39 is 47.8 Å². The first-order chi connectivity index (χ1) is 27.7. The van der Waals surface area contributed by atoms with Crippen molar-refractivity contribution < 1.29 is 24.0 Å². The van der Waals surface area contributed by atoms with Crippen LogP contribution in [-0.2, 0) is 43.2 Å². The van der Waals surface area contributed by atoms with Crippen LogP contribution in [0.25, 0.3) is 21.7 Å². The van der Waals surface area contributed by atoms with Crippen molar-refractivity contribution in [2.45, 2.75) is 75.5 Å². The van der Waals surface area contributed by atoms with E-state index >= 15 is 0 Å². The van der Waals surface area contributed by atoms with Crippen molar-refractivity contribution >= 4 is 62.5 Å². The van der Waals surface area contributed by atoms with E-state index in [2.05, 4.69) is 31.6 Å². The maximum Gasteiger partial charge on any atom is 0.243 e. The van der Waals surface area contributed by atoms with Gasteiger partial charge in [0.05, 0.1) is 0 Å². The molecule has 13 nitrogen and oxygen atoms in total. The Morgan fingerprint density at radius 2 is 1.39 bits per heavy atom. The van der Waals surface area contributed by atoms with Gasteiger partial charge < -0.3 is 43.0 Å². The summed E-state index contributed by atoms with van der Waals surface area (Å²) >= 11 is 1.43. The van der Waals surface area contributed by atoms with Crippen molar-refractivity contribution in [2.75, 3.05) is 19.6 Å². The van der Waals surface area contributed by atoms with Gasteiger partial charge in [0, 0.05) is 47.2 Å². The normalized spacial score (nSPS) is 15.3. The first kappa shape index (κ1) is 41.1. The van der Waals surface area contributed by atoms with E-state index in [4.69, 9.17) is 11.5 Å². The van der Waals surface area contributed by atoms with Gasteiger partial charge in [-0.05, 0) is 91.2 Å². The summed E-state index contributed by atoms with van der Waals surface area (Å²) in [5, 5.41) is 19.7. The molecule has 0 saturated carbocycles. The molecule has 0 bridgehead atoms. The molecule has 0 radical (unpaired) electrons. The summed E-state index contributed by atoms with van der Waals surface area (Å²) in [6.07, 6.45) is 5.08. The number of aromatic nitrogens is 1. The van der Waals surface area contributed by atoms with Crippen LogP contribution in [0, 0.1) is 5.92 Å². The number of piperidine rings is 1. The van der Waals surface area contributed by atoms with Gasteiger partial charge in [-0.15, -0.1) is 11.3 Å². The molecule has 300 valence electrons. The molecular formula is C43H52N8O5S. The first-order valence-corrected chi connectivity index (χ1v) is 20.5. The zero-order valence-electron chi connectivity index (χ0n) is 31.9. The van der Waals surface area contributed by atoms with E-state index in [1.165, 1.54) is 11.3 Å². The maximum absolute atomic E-state index is 14.5. The van der Waals surface area contributed by atoms with Crippen LogP contribution in [0.5, 0.6) is 0 Å². The molecule has 1 aliphatic heterocycles. The van der Waals surface area contributed by atoms with Crippen LogP contribution in [-0.4, -0.2) is 78.3 Å². The van der Waals surface area contributed by atoms with Crippen LogP contribution in [0.2, 0.25) is 0 Å². The molecule has 1 saturated heterocycles. The molecular weight excluding hydrogens is 741 g/mol. The lowest BCUT2D eigenvalue weighted by molar-refractivity contribution is -0.135. The predicted molar refractivity (Wildman–Crippen MR) is 223 cm³/mol. The molecule has 3 aromatic carbocycles. The third-order valence-corrected chi connectivity index (χ3v) is 11.5. The van der Waals surface area contributed by atoms with Gasteiger partial charge in [-0.2, -0.15) is 0 Å². The largest absolute Gasteiger partial charge is 0.368 e. The minimum Gasteiger partial charge on any atom is -0.368 e. The van der Waals surface area contributed by atoms with E-state index in [0.29, 0.717) is 51.7 Å². The average Bonchev–Trinajstić information content (AvgIpc) is 3.90. The number of hydrogen-bond donors (Lipinski definition) is 8. The Morgan fingerprint density at radius 3 is 2.09 bits per heavy atom. The van der Waals surface area contributed by atoms with Crippen molar-refractivity contribution in [3.8, 4) is 0 Å². The fraction of sp³-hybridized carbons (Fsp3) is 0.372. The van der Waals surface area contributed by atoms with E-state index in [0.717, 1.165) is 37.7 Å². The number of primary amides is 1. The highest BCUT2D eigenvalue weighted by Gasteiger charge is 2.33. The lowest BCUT2D eigenvalue weighted by atomic mass is 9.95. The Morgan fingerprint density at radius 1 is 0.719 bits per heavy atom. The summed E-state index contributed by atoms with van der Waals surface area (Å²) in [6, 6.07) is 21.0. The number of nitrogens with two attached hydrogens (primary N) is 2. The van der Waals surface area contributed by atoms with Gasteiger partial charge in [-0.25, -0.2) is 0 Å². The molecule has 0 unspecified atom stereocenters. The van der Waals surface area contributed by atoms with Crippen molar-refractivity contribution in [1.29, 1.82) is 0 Å². The Kier molecular flexibility index (Phi) is 14.4. The number of carbonyl (C=O) groups is 5. The molecule has 0 aliphatic carbocycles. The topological polar surface area (TPSA) is 213 Å². The number of unbranched alkanes of at least 4 members (excludes halogenated alkanes) is 1. The number of aromatic amines is 1. The SMILES string of the molecule is NCCCC[C@H](NC(=O)[C@H](Cc1cccs1)NC(=O)[C@@H](Cc1c[nH]c2ccccc12)NC(=O)[C@@H](Cc1ccc2ccccc2c1)NC(=O)C1CCNCC1)C(N)=O. The fourth-order valence-electron chi connectivity index (χ4n) is 7.35. The monoisotopic (exact) mass is 792 g/mol. The molecule has 5 aromatic rings. The van der Waals surface area contributed by atoms with Crippen LogP contribution in [0.15, 0.2) is 90.4 Å². The quantitative estimate of drug-likeness (QED) is 0.0585. The summed E-state index contributed by atoms with van der Waals surface area (Å²) in [6.45, 7) is 1.85. The van der Waals surface area contributed by atoms with E-state index in [-0.39, 0.29) is 31.1 Å². The van der Waals surface area contributed by atoms with Crippen LogP contribution in [0.3, 0.4) is 0 Å². The van der Waals surface area contributed by atoms with Gasteiger partial charge in [-0.3, -0.25) is 24.0 Å². The number of fused-ring (bicyclic) bond motifs is 2. The van der Waals surface area contributed by atoms with Crippen LogP contribution < -0.4 is 38.1 Å². The van der Waals surface area contributed by atoms with Crippen LogP contribution >= 0.6 is 11.3 Å². The van der Waals surface area contributed by atoms with Gasteiger partial charge in [0.15, 0.2) is 0 Å². The van der Waals surface area contributed by atoms with E-state index in [1.54, 1.807) is 6.20 Å². The number of hydrogen-bond acceptors (Lipinski definition) is 8. The highest BCUT2D eigenvalue weighted by molar-refractivity contribution is 7.09. The summed E-state index contributed by atoms with van der Waals surface area (Å²) in [7, 11) is 0. The Labute approximate surface area is 336 Å². The first-order valence-electron chi connectivity index (χ1n) is 19.6. The number of amides is 5. The van der Waals surface area contributed by atoms with Crippen LogP contribution in [0.4, 0.5) is 0 Å². The number of H-pyrrole nitrogens is 1. The number of carbonyl (C=O) groups excluding carboxylic acids is 5. The van der Waals surface area contributed by atoms with Gasteiger partial charge in [-0.1, -0.05) is 66.7 Å². The number of nitrogens with one attached hydrogen (secondary N) is 6. The van der Waals surface area contributed by atoms with Crippen molar-refractivity contribution in [2.24, 2.45) is 17.4 Å². The second-order valence-electron chi connectivity index (χ2n) is 14.7. The van der Waals surface area contributed by atoms with Gasteiger partial charge in [0.1, 0.15) is 24.2 Å². The molecule has 57 heavy (non-hydrogen) atoms. The van der Waals surface area contributed by atoms with Crippen molar-refractivity contribution in [3.05, 3.63) is 106 Å². The number of thiophene rings is 1. The number of rotatable bonds is 19. The molecule has 6 rings (SSSR count). The smallest absolute Gasteiger partial charge is 0.243 e. The predicted octanol–water partition coefficient (Wildman–Crippen LogP) is 2.96. The molecule has 1 aliphatic rings. The highest BCUT2D eigenvalue weighted by atomic mass is 32.1. The number of benzene rings is 3.